The van der Waals surface area contributed by atoms with Crippen LogP contribution in [0.2, 0.25) is 0 Å². The summed E-state index contributed by atoms with van der Waals surface area (Å²) in [5.74, 6) is 0.0159. The third-order valence-electron chi connectivity index (χ3n) is 5.93. The van der Waals surface area contributed by atoms with E-state index in [4.69, 9.17) is 4.74 Å². The highest BCUT2D eigenvalue weighted by atomic mass is 16.5. The molecule has 1 saturated heterocycles. The zero-order chi connectivity index (χ0) is 19.5. The van der Waals surface area contributed by atoms with Crippen molar-refractivity contribution in [1.82, 2.24) is 24.3 Å². The molecule has 7 nitrogen and oxygen atoms in total. The number of rotatable bonds is 7. The molecule has 0 aromatic carbocycles. The molecule has 1 saturated carbocycles. The van der Waals surface area contributed by atoms with E-state index in [0.717, 1.165) is 37.2 Å². The molecule has 2 aromatic heterocycles. The van der Waals surface area contributed by atoms with E-state index >= 15 is 0 Å². The summed E-state index contributed by atoms with van der Waals surface area (Å²) in [4.78, 5) is 26.4. The summed E-state index contributed by atoms with van der Waals surface area (Å²) in [5, 5.41) is 0. The van der Waals surface area contributed by atoms with Crippen molar-refractivity contribution in [2.75, 3.05) is 40.3 Å². The van der Waals surface area contributed by atoms with Crippen LogP contribution in [0.4, 0.5) is 0 Å². The molecular formula is C21H31N5O2. The second-order valence-electron chi connectivity index (χ2n) is 8.35. The number of hydrogen-bond acceptors (Lipinski definition) is 5. The number of fused-ring (bicyclic) bond motifs is 1. The highest BCUT2D eigenvalue weighted by molar-refractivity contribution is 5.96. The van der Waals surface area contributed by atoms with Crippen molar-refractivity contribution in [1.29, 1.82) is 0 Å². The molecule has 0 radical (unpaired) electrons. The standard InChI is InChI=1S/C21H31N5O2/c1-24(2)9-10-25(14-18-8-5-11-28-18)21(27)16-12-19-20(22-13-16)26(15-23-19)17-6-3-4-7-17/h12-13,15,17-18H,3-11,14H2,1-2H3. The Morgan fingerprint density at radius 3 is 2.71 bits per heavy atom. The van der Waals surface area contributed by atoms with Crippen LogP contribution in [0.3, 0.4) is 0 Å². The van der Waals surface area contributed by atoms with Crippen LogP contribution in [0, 0.1) is 0 Å². The minimum absolute atomic E-state index is 0.0159. The molecule has 2 aliphatic rings. The Morgan fingerprint density at radius 2 is 2.00 bits per heavy atom. The first-order valence-electron chi connectivity index (χ1n) is 10.5. The van der Waals surface area contributed by atoms with Crippen molar-refractivity contribution >= 4 is 17.1 Å². The smallest absolute Gasteiger partial charge is 0.255 e. The first-order chi connectivity index (χ1) is 13.6. The van der Waals surface area contributed by atoms with Crippen molar-refractivity contribution in [3.63, 3.8) is 0 Å². The number of aromatic nitrogens is 3. The summed E-state index contributed by atoms with van der Waals surface area (Å²) in [5.41, 5.74) is 2.31. The van der Waals surface area contributed by atoms with Gasteiger partial charge in [0.2, 0.25) is 0 Å². The second kappa shape index (κ2) is 8.57. The maximum Gasteiger partial charge on any atom is 0.255 e. The predicted molar refractivity (Wildman–Crippen MR) is 108 cm³/mol. The molecule has 0 N–H and O–H groups in total. The van der Waals surface area contributed by atoms with Crippen molar-refractivity contribution in [2.24, 2.45) is 0 Å². The molecule has 152 valence electrons. The first kappa shape index (κ1) is 19.3. The first-order valence-corrected chi connectivity index (χ1v) is 10.5. The number of ether oxygens (including phenoxy) is 1. The zero-order valence-corrected chi connectivity index (χ0v) is 17.0. The molecule has 2 fully saturated rings. The van der Waals surface area contributed by atoms with Crippen molar-refractivity contribution < 1.29 is 9.53 Å². The topological polar surface area (TPSA) is 63.5 Å². The number of amides is 1. The lowest BCUT2D eigenvalue weighted by molar-refractivity contribution is 0.0512. The third kappa shape index (κ3) is 4.20. The summed E-state index contributed by atoms with van der Waals surface area (Å²) in [6.45, 7) is 2.94. The summed E-state index contributed by atoms with van der Waals surface area (Å²) in [6, 6.07) is 2.39. The fraction of sp³-hybridized carbons (Fsp3) is 0.667. The minimum atomic E-state index is 0.0159. The van der Waals surface area contributed by atoms with Gasteiger partial charge in [-0.3, -0.25) is 4.79 Å². The Balaban J connectivity index is 1.53. The number of hydrogen-bond donors (Lipinski definition) is 0. The molecule has 28 heavy (non-hydrogen) atoms. The van der Waals surface area contributed by atoms with E-state index in [-0.39, 0.29) is 12.0 Å². The highest BCUT2D eigenvalue weighted by Gasteiger charge is 2.25. The van der Waals surface area contributed by atoms with Crippen LogP contribution >= 0.6 is 0 Å². The summed E-state index contributed by atoms with van der Waals surface area (Å²) >= 11 is 0. The van der Waals surface area contributed by atoms with Gasteiger partial charge < -0.3 is 19.1 Å². The van der Waals surface area contributed by atoms with Gasteiger partial charge in [-0.05, 0) is 45.8 Å². The average Bonchev–Trinajstić information content (AvgIpc) is 3.45. The number of likely N-dealkylation sites (N-methyl/N-ethyl adjacent to an activating group) is 1. The number of nitrogens with zero attached hydrogens (tertiary/aromatic N) is 5. The minimum Gasteiger partial charge on any atom is -0.376 e. The Hall–Kier alpha value is -1.99. The van der Waals surface area contributed by atoms with E-state index in [1.807, 2.05) is 31.4 Å². The van der Waals surface area contributed by atoms with E-state index in [1.165, 1.54) is 25.7 Å². The van der Waals surface area contributed by atoms with Crippen molar-refractivity contribution in [3.05, 3.63) is 24.2 Å². The largest absolute Gasteiger partial charge is 0.376 e. The normalized spacial score (nSPS) is 20.5. The molecule has 1 amide bonds. The lowest BCUT2D eigenvalue weighted by atomic mass is 10.2. The Kier molecular flexibility index (Phi) is 5.92. The maximum absolute atomic E-state index is 13.2. The monoisotopic (exact) mass is 385 g/mol. The number of carbonyl (C=O) groups excluding carboxylic acids is 1. The van der Waals surface area contributed by atoms with E-state index < -0.39 is 0 Å². The van der Waals surface area contributed by atoms with Gasteiger partial charge in [-0.1, -0.05) is 12.8 Å². The molecule has 2 aromatic rings. The number of carbonyl (C=O) groups is 1. The van der Waals surface area contributed by atoms with Crippen LogP contribution in [0.5, 0.6) is 0 Å². The number of imidazole rings is 1. The van der Waals surface area contributed by atoms with E-state index in [1.54, 1.807) is 6.20 Å². The van der Waals surface area contributed by atoms with Crippen LogP contribution in [0.1, 0.15) is 54.9 Å². The molecule has 1 atom stereocenters. The summed E-state index contributed by atoms with van der Waals surface area (Å²) < 4.78 is 7.96. The van der Waals surface area contributed by atoms with Crippen LogP contribution in [0.15, 0.2) is 18.6 Å². The van der Waals surface area contributed by atoms with E-state index in [2.05, 4.69) is 19.4 Å². The molecule has 0 spiro atoms. The van der Waals surface area contributed by atoms with Gasteiger partial charge in [0.05, 0.1) is 18.0 Å². The van der Waals surface area contributed by atoms with E-state index in [9.17, 15) is 4.79 Å². The van der Waals surface area contributed by atoms with Gasteiger partial charge in [0.1, 0.15) is 5.52 Å². The maximum atomic E-state index is 13.2. The van der Waals surface area contributed by atoms with Gasteiger partial charge in [-0.15, -0.1) is 0 Å². The average molecular weight is 386 g/mol. The Bertz CT molecular complexity index is 806. The van der Waals surface area contributed by atoms with Crippen LogP contribution in [0.25, 0.3) is 11.2 Å². The van der Waals surface area contributed by atoms with Crippen LogP contribution in [-0.4, -0.2) is 76.7 Å². The SMILES string of the molecule is CN(C)CCN(CC1CCCO1)C(=O)c1cnc2c(c1)ncn2C1CCCC1. The third-order valence-corrected chi connectivity index (χ3v) is 5.93. The lowest BCUT2D eigenvalue weighted by Gasteiger charge is -2.27. The lowest BCUT2D eigenvalue weighted by Crippen LogP contribution is -2.41. The second-order valence-corrected chi connectivity index (χ2v) is 8.35. The molecule has 1 aliphatic carbocycles. The van der Waals surface area contributed by atoms with Crippen LogP contribution < -0.4 is 0 Å². The van der Waals surface area contributed by atoms with Gasteiger partial charge in [0, 0.05) is 38.5 Å². The van der Waals surface area contributed by atoms with Crippen molar-refractivity contribution in [2.45, 2.75) is 50.7 Å². The van der Waals surface area contributed by atoms with Gasteiger partial charge >= 0.3 is 0 Å². The molecule has 1 aliphatic heterocycles. The fourth-order valence-electron chi connectivity index (χ4n) is 4.30. The predicted octanol–water partition coefficient (Wildman–Crippen LogP) is 2.73. The van der Waals surface area contributed by atoms with Gasteiger partial charge in [0.15, 0.2) is 5.65 Å². The van der Waals surface area contributed by atoms with Gasteiger partial charge in [-0.25, -0.2) is 9.97 Å². The van der Waals surface area contributed by atoms with Gasteiger partial charge in [0.25, 0.3) is 5.91 Å². The Labute approximate surface area is 166 Å². The molecule has 1 unspecified atom stereocenters. The van der Waals surface area contributed by atoms with Gasteiger partial charge in [-0.2, -0.15) is 0 Å². The molecule has 4 rings (SSSR count). The molecule has 3 heterocycles. The molecule has 7 heteroatoms. The van der Waals surface area contributed by atoms with Crippen LogP contribution in [-0.2, 0) is 4.74 Å². The summed E-state index contributed by atoms with van der Waals surface area (Å²) in [7, 11) is 4.05. The zero-order valence-electron chi connectivity index (χ0n) is 17.0. The highest BCUT2D eigenvalue weighted by Crippen LogP contribution is 2.31. The summed E-state index contributed by atoms with van der Waals surface area (Å²) in [6.07, 6.45) is 10.8. The van der Waals surface area contributed by atoms with E-state index in [0.29, 0.717) is 24.7 Å². The molecular weight excluding hydrogens is 354 g/mol. The number of pyridine rings is 1. The quantitative estimate of drug-likeness (QED) is 0.733. The van der Waals surface area contributed by atoms with Crippen molar-refractivity contribution in [3.8, 4) is 0 Å². The molecule has 0 bridgehead atoms. The fourth-order valence-corrected chi connectivity index (χ4v) is 4.30. The Morgan fingerprint density at radius 1 is 1.18 bits per heavy atom.